The maximum atomic E-state index is 11.3. The average molecular weight is 323 g/mol. The van der Waals surface area contributed by atoms with E-state index in [0.29, 0.717) is 0 Å². The third-order valence-corrected chi connectivity index (χ3v) is 4.13. The number of ether oxygens (including phenoxy) is 3. The van der Waals surface area contributed by atoms with E-state index >= 15 is 0 Å². The summed E-state index contributed by atoms with van der Waals surface area (Å²) in [5.41, 5.74) is 0.826. The van der Waals surface area contributed by atoms with E-state index in [2.05, 4.69) is 5.32 Å². The smallest absolute Gasteiger partial charge is 0.217 e. The number of hydrogen-bond acceptors (Lipinski definition) is 6. The summed E-state index contributed by atoms with van der Waals surface area (Å²) in [6.45, 7) is 2.88. The highest BCUT2D eigenvalue weighted by atomic mass is 16.7. The van der Waals surface area contributed by atoms with Crippen molar-refractivity contribution < 1.29 is 29.2 Å². The van der Waals surface area contributed by atoms with Crippen LogP contribution in [-0.4, -0.2) is 52.9 Å². The van der Waals surface area contributed by atoms with Gasteiger partial charge in [-0.15, -0.1) is 0 Å². The molecule has 3 N–H and O–H groups in total. The zero-order chi connectivity index (χ0) is 16.6. The Morgan fingerprint density at radius 2 is 2.04 bits per heavy atom. The average Bonchev–Trinajstić information content (AvgIpc) is 2.51. The van der Waals surface area contributed by atoms with Gasteiger partial charge in [0.25, 0.3) is 0 Å². The van der Waals surface area contributed by atoms with Crippen LogP contribution in [0.5, 0.6) is 0 Å². The molecule has 1 aromatic carbocycles. The van der Waals surface area contributed by atoms with Crippen molar-refractivity contribution in [1.29, 1.82) is 0 Å². The molecule has 0 aliphatic carbocycles. The Morgan fingerprint density at radius 3 is 2.70 bits per heavy atom. The van der Waals surface area contributed by atoms with Gasteiger partial charge >= 0.3 is 0 Å². The fraction of sp³-hybridized carbons (Fsp3) is 0.562. The maximum absolute atomic E-state index is 11.3. The largest absolute Gasteiger partial charge is 0.388 e. The van der Waals surface area contributed by atoms with Crippen LogP contribution >= 0.6 is 0 Å². The summed E-state index contributed by atoms with van der Waals surface area (Å²) in [5, 5.41) is 23.5. The summed E-state index contributed by atoms with van der Waals surface area (Å²) in [6, 6.07) is 8.36. The van der Waals surface area contributed by atoms with Gasteiger partial charge < -0.3 is 29.7 Å². The van der Waals surface area contributed by atoms with Crippen LogP contribution in [0.15, 0.2) is 30.3 Å². The molecule has 1 amide bonds. The Bertz CT molecular complexity index is 563. The Labute approximate surface area is 134 Å². The minimum Gasteiger partial charge on any atom is -0.388 e. The molecule has 2 aliphatic heterocycles. The molecule has 1 aromatic rings. The summed E-state index contributed by atoms with van der Waals surface area (Å²) in [7, 11) is 0. The Kier molecular flexibility index (Phi) is 4.39. The van der Waals surface area contributed by atoms with Gasteiger partial charge in [0.05, 0.1) is 6.61 Å². The van der Waals surface area contributed by atoms with Crippen molar-refractivity contribution in [3.8, 4) is 0 Å². The lowest BCUT2D eigenvalue weighted by Gasteiger charge is -2.50. The predicted octanol–water partition coefficient (Wildman–Crippen LogP) is 0.0735. The fourth-order valence-electron chi connectivity index (χ4n) is 3.06. The highest BCUT2D eigenvalue weighted by Gasteiger charge is 2.54. The standard InChI is InChI=1S/C16H21NO6/c1-9(18)17-14-12(19)13-11(23-16(14,2)20)8-21-15(22-13)10-6-4-3-5-7-10/h3-7,11-15,19-20H,8H2,1-2H3,(H,17,18)/t11-,12-,13+,14-,15+,16-/m0/s1. The van der Waals surface area contributed by atoms with Gasteiger partial charge in [-0.3, -0.25) is 4.79 Å². The van der Waals surface area contributed by atoms with E-state index in [0.717, 1.165) is 5.56 Å². The molecule has 2 fully saturated rings. The zero-order valence-electron chi connectivity index (χ0n) is 13.0. The molecule has 0 radical (unpaired) electrons. The Balaban J connectivity index is 1.79. The second kappa shape index (κ2) is 6.18. The molecule has 126 valence electrons. The van der Waals surface area contributed by atoms with E-state index < -0.39 is 36.4 Å². The number of carbonyl (C=O) groups excluding carboxylic acids is 1. The van der Waals surface area contributed by atoms with Gasteiger partial charge in [-0.05, 0) is 6.92 Å². The van der Waals surface area contributed by atoms with Crippen LogP contribution in [-0.2, 0) is 19.0 Å². The van der Waals surface area contributed by atoms with Crippen molar-refractivity contribution in [1.82, 2.24) is 5.32 Å². The molecule has 6 atom stereocenters. The van der Waals surface area contributed by atoms with Crippen LogP contribution in [0.25, 0.3) is 0 Å². The quantitative estimate of drug-likeness (QED) is 0.713. The first kappa shape index (κ1) is 16.4. The molecule has 0 spiro atoms. The first-order valence-corrected chi connectivity index (χ1v) is 7.56. The first-order chi connectivity index (χ1) is 10.9. The molecule has 23 heavy (non-hydrogen) atoms. The minimum absolute atomic E-state index is 0.171. The Morgan fingerprint density at radius 1 is 1.35 bits per heavy atom. The van der Waals surface area contributed by atoms with Crippen molar-refractivity contribution in [3.05, 3.63) is 35.9 Å². The molecular weight excluding hydrogens is 302 g/mol. The van der Waals surface area contributed by atoms with Gasteiger partial charge in [0.1, 0.15) is 24.4 Å². The van der Waals surface area contributed by atoms with Crippen molar-refractivity contribution >= 4 is 5.91 Å². The van der Waals surface area contributed by atoms with Crippen molar-refractivity contribution in [2.75, 3.05) is 6.61 Å². The minimum atomic E-state index is -1.71. The highest BCUT2D eigenvalue weighted by molar-refractivity contribution is 5.73. The van der Waals surface area contributed by atoms with E-state index in [9.17, 15) is 15.0 Å². The normalized spacial score (nSPS) is 40.3. The molecule has 0 bridgehead atoms. The summed E-state index contributed by atoms with van der Waals surface area (Å²) in [5.74, 6) is -2.08. The first-order valence-electron chi connectivity index (χ1n) is 7.56. The lowest BCUT2D eigenvalue weighted by Crippen LogP contribution is -2.70. The molecule has 2 aliphatic rings. The SMILES string of the molecule is CC(=O)N[C@H]1[C@@H](O)[C@@H]2O[C@H](c3ccccc3)OC[C@@H]2O[C@]1(C)O. The molecular formula is C16H21NO6. The fourth-order valence-corrected chi connectivity index (χ4v) is 3.06. The van der Waals surface area contributed by atoms with E-state index in [1.807, 2.05) is 30.3 Å². The monoisotopic (exact) mass is 323 g/mol. The van der Waals surface area contributed by atoms with Crippen LogP contribution in [0, 0.1) is 0 Å². The number of rotatable bonds is 2. The van der Waals surface area contributed by atoms with Crippen molar-refractivity contribution in [3.63, 3.8) is 0 Å². The van der Waals surface area contributed by atoms with Crippen LogP contribution < -0.4 is 5.32 Å². The van der Waals surface area contributed by atoms with E-state index in [-0.39, 0.29) is 12.5 Å². The van der Waals surface area contributed by atoms with E-state index in [1.165, 1.54) is 13.8 Å². The van der Waals surface area contributed by atoms with Crippen LogP contribution in [0.3, 0.4) is 0 Å². The third kappa shape index (κ3) is 3.24. The number of hydrogen-bond donors (Lipinski definition) is 3. The van der Waals surface area contributed by atoms with Crippen molar-refractivity contribution in [2.24, 2.45) is 0 Å². The number of nitrogens with one attached hydrogen (secondary N) is 1. The number of aliphatic hydroxyl groups is 2. The van der Waals surface area contributed by atoms with Gasteiger partial charge in [-0.2, -0.15) is 0 Å². The number of aliphatic hydroxyl groups excluding tert-OH is 1. The van der Waals surface area contributed by atoms with E-state index in [1.54, 1.807) is 0 Å². The van der Waals surface area contributed by atoms with Gasteiger partial charge in [0.2, 0.25) is 5.91 Å². The summed E-state index contributed by atoms with van der Waals surface area (Å²) >= 11 is 0. The predicted molar refractivity (Wildman–Crippen MR) is 79.1 cm³/mol. The third-order valence-electron chi connectivity index (χ3n) is 4.13. The molecule has 0 aromatic heterocycles. The van der Waals surface area contributed by atoms with Crippen LogP contribution in [0.4, 0.5) is 0 Å². The topological polar surface area (TPSA) is 97.3 Å². The molecule has 2 saturated heterocycles. The summed E-state index contributed by atoms with van der Waals surface area (Å²) in [4.78, 5) is 11.3. The molecule has 0 unspecified atom stereocenters. The lowest BCUT2D eigenvalue weighted by molar-refractivity contribution is -0.367. The van der Waals surface area contributed by atoms with Gasteiger partial charge in [-0.1, -0.05) is 30.3 Å². The van der Waals surface area contributed by atoms with E-state index in [4.69, 9.17) is 14.2 Å². The van der Waals surface area contributed by atoms with Gasteiger partial charge in [0, 0.05) is 12.5 Å². The van der Waals surface area contributed by atoms with Crippen LogP contribution in [0.1, 0.15) is 25.7 Å². The number of amides is 1. The summed E-state index contributed by atoms with van der Waals surface area (Å²) < 4.78 is 17.0. The van der Waals surface area contributed by atoms with Gasteiger partial charge in [0.15, 0.2) is 12.1 Å². The number of fused-ring (bicyclic) bond motifs is 1. The maximum Gasteiger partial charge on any atom is 0.217 e. The zero-order valence-corrected chi connectivity index (χ0v) is 13.0. The second-order valence-electron chi connectivity index (χ2n) is 6.06. The second-order valence-corrected chi connectivity index (χ2v) is 6.06. The molecule has 7 nitrogen and oxygen atoms in total. The number of benzene rings is 1. The lowest BCUT2D eigenvalue weighted by atomic mass is 9.90. The van der Waals surface area contributed by atoms with Crippen molar-refractivity contribution in [2.45, 2.75) is 50.3 Å². The molecule has 7 heteroatoms. The van der Waals surface area contributed by atoms with Gasteiger partial charge in [-0.25, -0.2) is 0 Å². The highest BCUT2D eigenvalue weighted by Crippen LogP contribution is 2.36. The molecule has 2 heterocycles. The molecule has 3 rings (SSSR count). The summed E-state index contributed by atoms with van der Waals surface area (Å²) in [6.07, 6.45) is -3.09. The van der Waals surface area contributed by atoms with Crippen LogP contribution in [0.2, 0.25) is 0 Å². The Hall–Kier alpha value is -1.51. The molecule has 0 saturated carbocycles. The number of carbonyl (C=O) groups is 1.